The molecule has 0 bridgehead atoms. The van der Waals surface area contributed by atoms with Gasteiger partial charge in [0.05, 0.1) is 0 Å². The molecule has 3 aromatic carbocycles. The van der Waals surface area contributed by atoms with E-state index in [4.69, 9.17) is 0 Å². The molecule has 102 valence electrons. The lowest BCUT2D eigenvalue weighted by Crippen LogP contribution is -1.84. The summed E-state index contributed by atoms with van der Waals surface area (Å²) in [6.07, 6.45) is 1.07. The van der Waals surface area contributed by atoms with E-state index >= 15 is 0 Å². The van der Waals surface area contributed by atoms with E-state index < -0.39 is 0 Å². The Labute approximate surface area is 128 Å². The first kappa shape index (κ1) is 12.6. The van der Waals surface area contributed by atoms with Crippen molar-refractivity contribution >= 4 is 31.5 Å². The molecule has 0 fully saturated rings. The fraction of sp³-hybridized carbons (Fsp3) is 0.100. The van der Waals surface area contributed by atoms with Gasteiger partial charge >= 0.3 is 0 Å². The summed E-state index contributed by atoms with van der Waals surface area (Å²) in [5.74, 6) is 0. The number of thiophene rings is 1. The summed E-state index contributed by atoms with van der Waals surface area (Å²) < 4.78 is 2.78. The van der Waals surface area contributed by atoms with E-state index in [2.05, 4.69) is 73.7 Å². The Morgan fingerprint density at radius 3 is 2.38 bits per heavy atom. The summed E-state index contributed by atoms with van der Waals surface area (Å²) >= 11 is 1.90. The van der Waals surface area contributed by atoms with Crippen LogP contribution in [0.3, 0.4) is 0 Å². The molecule has 21 heavy (non-hydrogen) atoms. The molecule has 0 saturated heterocycles. The third kappa shape index (κ3) is 2.05. The summed E-state index contributed by atoms with van der Waals surface area (Å²) in [5, 5.41) is 2.78. The van der Waals surface area contributed by atoms with Gasteiger partial charge in [0, 0.05) is 20.2 Å². The predicted octanol–water partition coefficient (Wildman–Crippen LogP) is 6.28. The zero-order valence-corrected chi connectivity index (χ0v) is 12.8. The SMILES string of the molecule is CCc1cc(-c2ccccc2)c2sc3ccccc3c2c1. The highest BCUT2D eigenvalue weighted by Gasteiger charge is 2.11. The molecule has 0 N–H and O–H groups in total. The summed E-state index contributed by atoms with van der Waals surface area (Å²) in [6.45, 7) is 2.23. The van der Waals surface area contributed by atoms with Gasteiger partial charge in [-0.1, -0.05) is 55.5 Å². The average molecular weight is 288 g/mol. The van der Waals surface area contributed by atoms with Crippen molar-refractivity contribution in [3.8, 4) is 11.1 Å². The first-order valence-electron chi connectivity index (χ1n) is 7.36. The molecule has 0 aliphatic heterocycles. The predicted molar refractivity (Wildman–Crippen MR) is 94.1 cm³/mol. The van der Waals surface area contributed by atoms with Gasteiger partial charge in [0.2, 0.25) is 0 Å². The van der Waals surface area contributed by atoms with E-state index in [1.165, 1.54) is 36.9 Å². The molecule has 0 radical (unpaired) electrons. The van der Waals surface area contributed by atoms with Crippen molar-refractivity contribution in [3.05, 3.63) is 72.3 Å². The third-order valence-corrected chi connectivity index (χ3v) is 5.25. The van der Waals surface area contributed by atoms with Crippen LogP contribution in [0.2, 0.25) is 0 Å². The smallest absolute Gasteiger partial charge is 0.0434 e. The standard InChI is InChI=1S/C20H16S/c1-2-14-12-17(15-8-4-3-5-9-15)20-18(13-14)16-10-6-7-11-19(16)21-20/h3-13H,2H2,1H3. The molecule has 1 aromatic heterocycles. The maximum absolute atomic E-state index is 2.36. The van der Waals surface area contributed by atoms with Crippen LogP contribution in [-0.2, 0) is 6.42 Å². The van der Waals surface area contributed by atoms with Gasteiger partial charge in [-0.2, -0.15) is 0 Å². The van der Waals surface area contributed by atoms with Gasteiger partial charge in [0.25, 0.3) is 0 Å². The normalized spacial score (nSPS) is 11.3. The van der Waals surface area contributed by atoms with Crippen LogP contribution in [0.4, 0.5) is 0 Å². The topological polar surface area (TPSA) is 0 Å². The Kier molecular flexibility index (Phi) is 3.01. The summed E-state index contributed by atoms with van der Waals surface area (Å²) in [7, 11) is 0. The molecule has 0 atom stereocenters. The molecule has 1 heteroatoms. The van der Waals surface area contributed by atoms with Gasteiger partial charge in [-0.15, -0.1) is 11.3 Å². The number of fused-ring (bicyclic) bond motifs is 3. The number of rotatable bonds is 2. The Morgan fingerprint density at radius 2 is 1.57 bits per heavy atom. The van der Waals surface area contributed by atoms with Crippen molar-refractivity contribution in [2.45, 2.75) is 13.3 Å². The molecule has 1 heterocycles. The summed E-state index contributed by atoms with van der Waals surface area (Å²) in [6, 6.07) is 24.2. The minimum Gasteiger partial charge on any atom is -0.135 e. The highest BCUT2D eigenvalue weighted by atomic mass is 32.1. The van der Waals surface area contributed by atoms with E-state index in [9.17, 15) is 0 Å². The minimum atomic E-state index is 1.07. The second-order valence-electron chi connectivity index (χ2n) is 5.34. The molecule has 0 amide bonds. The van der Waals surface area contributed by atoms with Gasteiger partial charge in [-0.25, -0.2) is 0 Å². The molecule has 0 saturated carbocycles. The van der Waals surface area contributed by atoms with Crippen LogP contribution in [0.15, 0.2) is 66.7 Å². The van der Waals surface area contributed by atoms with Gasteiger partial charge in [-0.05, 0) is 41.3 Å². The van der Waals surface area contributed by atoms with Crippen molar-refractivity contribution in [1.82, 2.24) is 0 Å². The number of hydrogen-bond acceptors (Lipinski definition) is 1. The number of hydrogen-bond donors (Lipinski definition) is 0. The van der Waals surface area contributed by atoms with E-state index in [0.717, 1.165) is 6.42 Å². The van der Waals surface area contributed by atoms with Crippen molar-refractivity contribution in [3.63, 3.8) is 0 Å². The largest absolute Gasteiger partial charge is 0.135 e. The van der Waals surface area contributed by atoms with Crippen LogP contribution >= 0.6 is 11.3 Å². The van der Waals surface area contributed by atoms with Crippen LogP contribution in [0.1, 0.15) is 12.5 Å². The Hall–Kier alpha value is -2.12. The minimum absolute atomic E-state index is 1.07. The molecular formula is C20H16S. The van der Waals surface area contributed by atoms with E-state index in [1.54, 1.807) is 0 Å². The third-order valence-electron chi connectivity index (χ3n) is 4.03. The van der Waals surface area contributed by atoms with Gasteiger partial charge in [0.1, 0.15) is 0 Å². The molecule has 0 nitrogen and oxygen atoms in total. The lowest BCUT2D eigenvalue weighted by Gasteiger charge is -2.07. The molecule has 0 aliphatic rings. The molecule has 4 rings (SSSR count). The number of aryl methyl sites for hydroxylation is 1. The van der Waals surface area contributed by atoms with Gasteiger partial charge < -0.3 is 0 Å². The Morgan fingerprint density at radius 1 is 0.810 bits per heavy atom. The Balaban J connectivity index is 2.14. The van der Waals surface area contributed by atoms with E-state index in [-0.39, 0.29) is 0 Å². The van der Waals surface area contributed by atoms with E-state index in [1.807, 2.05) is 11.3 Å². The van der Waals surface area contributed by atoms with E-state index in [0.29, 0.717) is 0 Å². The van der Waals surface area contributed by atoms with Crippen LogP contribution in [0.5, 0.6) is 0 Å². The lowest BCUT2D eigenvalue weighted by molar-refractivity contribution is 1.15. The first-order valence-corrected chi connectivity index (χ1v) is 8.18. The highest BCUT2D eigenvalue weighted by molar-refractivity contribution is 7.26. The molecule has 0 spiro atoms. The lowest BCUT2D eigenvalue weighted by atomic mass is 9.98. The zero-order valence-electron chi connectivity index (χ0n) is 12.0. The zero-order chi connectivity index (χ0) is 14.2. The maximum Gasteiger partial charge on any atom is 0.0434 e. The van der Waals surface area contributed by atoms with Crippen molar-refractivity contribution in [1.29, 1.82) is 0 Å². The van der Waals surface area contributed by atoms with Gasteiger partial charge in [0.15, 0.2) is 0 Å². The Bertz CT molecular complexity index is 917. The average Bonchev–Trinajstić information content (AvgIpc) is 2.93. The fourth-order valence-electron chi connectivity index (χ4n) is 2.92. The monoisotopic (exact) mass is 288 g/mol. The first-order chi connectivity index (χ1) is 10.4. The van der Waals surface area contributed by atoms with Crippen LogP contribution < -0.4 is 0 Å². The van der Waals surface area contributed by atoms with Crippen LogP contribution in [-0.4, -0.2) is 0 Å². The summed E-state index contributed by atoms with van der Waals surface area (Å²) in [5.41, 5.74) is 4.08. The quantitative estimate of drug-likeness (QED) is 0.407. The number of benzene rings is 3. The summed E-state index contributed by atoms with van der Waals surface area (Å²) in [4.78, 5) is 0. The second-order valence-corrected chi connectivity index (χ2v) is 6.39. The van der Waals surface area contributed by atoms with Crippen LogP contribution in [0, 0.1) is 0 Å². The molecular weight excluding hydrogens is 272 g/mol. The second kappa shape index (κ2) is 5.01. The molecule has 0 aliphatic carbocycles. The maximum atomic E-state index is 2.36. The fourth-order valence-corrected chi connectivity index (χ4v) is 4.14. The van der Waals surface area contributed by atoms with Crippen molar-refractivity contribution in [2.75, 3.05) is 0 Å². The molecule has 4 aromatic rings. The highest BCUT2D eigenvalue weighted by Crippen LogP contribution is 2.40. The molecule has 0 unspecified atom stereocenters. The van der Waals surface area contributed by atoms with Gasteiger partial charge in [-0.3, -0.25) is 0 Å². The van der Waals surface area contributed by atoms with Crippen LogP contribution in [0.25, 0.3) is 31.3 Å². The van der Waals surface area contributed by atoms with Crippen molar-refractivity contribution < 1.29 is 0 Å². The van der Waals surface area contributed by atoms with Crippen molar-refractivity contribution in [2.24, 2.45) is 0 Å².